The van der Waals surface area contributed by atoms with Gasteiger partial charge >= 0.3 is 5.69 Å². The lowest BCUT2D eigenvalue weighted by Gasteiger charge is -2.12. The fraction of sp³-hybridized carbons (Fsp3) is 0.136. The number of ether oxygens (including phenoxy) is 1. The van der Waals surface area contributed by atoms with Crippen molar-refractivity contribution in [2.45, 2.75) is 19.9 Å². The Kier molecular flexibility index (Phi) is 5.87. The van der Waals surface area contributed by atoms with Gasteiger partial charge in [-0.2, -0.15) is 5.10 Å². The van der Waals surface area contributed by atoms with Crippen molar-refractivity contribution < 1.29 is 9.13 Å². The third-order valence-electron chi connectivity index (χ3n) is 4.70. The van der Waals surface area contributed by atoms with Gasteiger partial charge in [0.05, 0.1) is 13.2 Å². The van der Waals surface area contributed by atoms with Crippen molar-refractivity contribution in [1.29, 1.82) is 0 Å². The molecule has 1 heterocycles. The van der Waals surface area contributed by atoms with Crippen LogP contribution in [0.4, 0.5) is 4.39 Å². The van der Waals surface area contributed by atoms with E-state index in [0.717, 1.165) is 14.8 Å². The molecule has 3 aromatic carbocycles. The second-order valence-electron chi connectivity index (χ2n) is 6.68. The zero-order valence-electron chi connectivity index (χ0n) is 15.8. The van der Waals surface area contributed by atoms with Gasteiger partial charge in [-0.25, -0.2) is 18.4 Å². The van der Waals surface area contributed by atoms with Crippen LogP contribution in [0.25, 0.3) is 10.8 Å². The molecule has 0 fully saturated rings. The highest BCUT2D eigenvalue weighted by molar-refractivity contribution is 9.10. The number of nitrogens with zero attached hydrogens (tertiary/aromatic N) is 3. The summed E-state index contributed by atoms with van der Waals surface area (Å²) < 4.78 is 21.8. The summed E-state index contributed by atoms with van der Waals surface area (Å²) in [5, 5.41) is 5.20. The molecule has 4 rings (SSSR count). The van der Waals surface area contributed by atoms with E-state index in [1.807, 2.05) is 30.3 Å². The fourth-order valence-corrected chi connectivity index (χ4v) is 3.60. The number of hydrogen-bond acceptors (Lipinski definition) is 4. The third-order valence-corrected chi connectivity index (χ3v) is 5.19. The standard InChI is InChI=1S/C22H17BrFN3O3/c23-20-21(28)26(14-30-13-15-6-2-1-3-7-15)22(29)27(25-20)12-16-10-11-19(24)18-9-5-4-8-17(16)18/h1-11H,12-14H2. The van der Waals surface area contributed by atoms with Gasteiger partial charge in [-0.05, 0) is 38.5 Å². The largest absolute Gasteiger partial charge is 0.356 e. The van der Waals surface area contributed by atoms with Gasteiger partial charge < -0.3 is 4.74 Å². The van der Waals surface area contributed by atoms with Crippen LogP contribution in [-0.2, 0) is 24.6 Å². The summed E-state index contributed by atoms with van der Waals surface area (Å²) >= 11 is 3.12. The first-order valence-electron chi connectivity index (χ1n) is 9.20. The van der Waals surface area contributed by atoms with Gasteiger partial charge in [0.1, 0.15) is 12.5 Å². The molecule has 0 unspecified atom stereocenters. The van der Waals surface area contributed by atoms with Gasteiger partial charge in [-0.1, -0.05) is 60.7 Å². The Morgan fingerprint density at radius 3 is 2.40 bits per heavy atom. The molecule has 0 aliphatic carbocycles. The topological polar surface area (TPSA) is 66.1 Å². The molecule has 1 aromatic heterocycles. The lowest BCUT2D eigenvalue weighted by molar-refractivity contribution is 0.0569. The highest BCUT2D eigenvalue weighted by Gasteiger charge is 2.14. The summed E-state index contributed by atoms with van der Waals surface area (Å²) in [6.45, 7) is 0.129. The summed E-state index contributed by atoms with van der Waals surface area (Å²) in [6, 6.07) is 19.4. The quantitative estimate of drug-likeness (QED) is 0.431. The molecule has 0 aliphatic rings. The molecule has 6 nitrogen and oxygen atoms in total. The van der Waals surface area contributed by atoms with Gasteiger partial charge in [-0.15, -0.1) is 0 Å². The van der Waals surface area contributed by atoms with Gasteiger partial charge in [0, 0.05) is 5.39 Å². The SMILES string of the molecule is O=c1c(Br)nn(Cc2ccc(F)c3ccccc23)c(=O)n1COCc1ccccc1. The van der Waals surface area contributed by atoms with Crippen LogP contribution in [0.5, 0.6) is 0 Å². The average molecular weight is 470 g/mol. The molecular weight excluding hydrogens is 453 g/mol. The second kappa shape index (κ2) is 8.73. The van der Waals surface area contributed by atoms with Crippen molar-refractivity contribution in [3.8, 4) is 0 Å². The molecule has 0 saturated carbocycles. The molecular formula is C22H17BrFN3O3. The minimum absolute atomic E-state index is 0.00294. The predicted molar refractivity (Wildman–Crippen MR) is 115 cm³/mol. The number of hydrogen-bond donors (Lipinski definition) is 0. The molecule has 0 atom stereocenters. The first-order valence-corrected chi connectivity index (χ1v) is 9.99. The van der Waals surface area contributed by atoms with Crippen LogP contribution < -0.4 is 11.2 Å². The van der Waals surface area contributed by atoms with Crippen LogP contribution in [0.3, 0.4) is 0 Å². The summed E-state index contributed by atoms with van der Waals surface area (Å²) in [5.41, 5.74) is 0.457. The number of benzene rings is 3. The number of fused-ring (bicyclic) bond motifs is 1. The van der Waals surface area contributed by atoms with Crippen molar-refractivity contribution in [1.82, 2.24) is 14.3 Å². The maximum Gasteiger partial charge on any atom is 0.349 e. The van der Waals surface area contributed by atoms with E-state index in [0.29, 0.717) is 16.3 Å². The average Bonchev–Trinajstić information content (AvgIpc) is 2.77. The molecule has 30 heavy (non-hydrogen) atoms. The minimum atomic E-state index is -0.607. The van der Waals surface area contributed by atoms with E-state index in [-0.39, 0.29) is 30.3 Å². The number of halogens is 2. The van der Waals surface area contributed by atoms with Gasteiger partial charge in [-0.3, -0.25) is 4.79 Å². The van der Waals surface area contributed by atoms with Gasteiger partial charge in [0.2, 0.25) is 0 Å². The summed E-state index contributed by atoms with van der Waals surface area (Å²) in [4.78, 5) is 25.3. The normalized spacial score (nSPS) is 11.1. The lowest BCUT2D eigenvalue weighted by atomic mass is 10.0. The maximum absolute atomic E-state index is 14.1. The van der Waals surface area contributed by atoms with Crippen LogP contribution in [0.15, 0.2) is 80.9 Å². The summed E-state index contributed by atoms with van der Waals surface area (Å²) in [5.74, 6) is -0.338. The Balaban J connectivity index is 1.64. The van der Waals surface area contributed by atoms with Crippen molar-refractivity contribution in [3.63, 3.8) is 0 Å². The van der Waals surface area contributed by atoms with E-state index >= 15 is 0 Å². The smallest absolute Gasteiger partial charge is 0.349 e. The van der Waals surface area contributed by atoms with E-state index in [4.69, 9.17) is 4.74 Å². The molecule has 0 bridgehead atoms. The molecule has 4 aromatic rings. The first kappa shape index (κ1) is 20.2. The Bertz CT molecular complexity index is 1320. The van der Waals surface area contributed by atoms with E-state index in [2.05, 4.69) is 21.0 Å². The van der Waals surface area contributed by atoms with Gasteiger partial charge in [0.15, 0.2) is 4.60 Å². The van der Waals surface area contributed by atoms with Crippen molar-refractivity contribution in [3.05, 3.63) is 109 Å². The summed E-state index contributed by atoms with van der Waals surface area (Å²) in [6.07, 6.45) is 0. The molecule has 0 saturated heterocycles. The van der Waals surface area contributed by atoms with E-state index in [1.54, 1.807) is 30.3 Å². The molecule has 0 spiro atoms. The Hall–Kier alpha value is -3.10. The van der Waals surface area contributed by atoms with Crippen molar-refractivity contribution >= 4 is 26.7 Å². The zero-order valence-corrected chi connectivity index (χ0v) is 17.4. The van der Waals surface area contributed by atoms with Crippen LogP contribution in [0.1, 0.15) is 11.1 Å². The third kappa shape index (κ3) is 4.10. The predicted octanol–water partition coefficient (Wildman–Crippen LogP) is 3.68. The molecule has 152 valence electrons. The van der Waals surface area contributed by atoms with Crippen LogP contribution in [0, 0.1) is 5.82 Å². The highest BCUT2D eigenvalue weighted by atomic mass is 79.9. The minimum Gasteiger partial charge on any atom is -0.356 e. The van der Waals surface area contributed by atoms with Crippen LogP contribution >= 0.6 is 15.9 Å². The fourth-order valence-electron chi connectivity index (χ4n) is 3.20. The van der Waals surface area contributed by atoms with E-state index in [1.165, 1.54) is 6.07 Å². The van der Waals surface area contributed by atoms with Crippen molar-refractivity contribution in [2.75, 3.05) is 0 Å². The summed E-state index contributed by atoms with van der Waals surface area (Å²) in [7, 11) is 0. The van der Waals surface area contributed by atoms with Crippen molar-refractivity contribution in [2.24, 2.45) is 0 Å². The van der Waals surface area contributed by atoms with Crippen LogP contribution in [-0.4, -0.2) is 14.3 Å². The number of rotatable bonds is 6. The van der Waals surface area contributed by atoms with Gasteiger partial charge in [0.25, 0.3) is 5.56 Å². The molecule has 0 N–H and O–H groups in total. The highest BCUT2D eigenvalue weighted by Crippen LogP contribution is 2.22. The molecule has 0 radical (unpaired) electrons. The molecule has 0 aliphatic heterocycles. The van der Waals surface area contributed by atoms with E-state index < -0.39 is 11.2 Å². The number of aromatic nitrogens is 3. The first-order chi connectivity index (χ1) is 14.5. The zero-order chi connectivity index (χ0) is 21.1. The van der Waals surface area contributed by atoms with E-state index in [9.17, 15) is 14.0 Å². The monoisotopic (exact) mass is 469 g/mol. The Labute approximate surface area is 179 Å². The Morgan fingerprint density at radius 2 is 1.63 bits per heavy atom. The second-order valence-corrected chi connectivity index (χ2v) is 7.43. The molecule has 8 heteroatoms. The lowest BCUT2D eigenvalue weighted by Crippen LogP contribution is -2.42. The van der Waals surface area contributed by atoms with Crippen LogP contribution in [0.2, 0.25) is 0 Å². The maximum atomic E-state index is 14.1. The Morgan fingerprint density at radius 1 is 0.933 bits per heavy atom. The molecule has 0 amide bonds.